The number of nitriles is 1. The molecule has 0 aliphatic rings. The van der Waals surface area contributed by atoms with E-state index in [2.05, 4.69) is 0 Å². The van der Waals surface area contributed by atoms with Crippen LogP contribution in [0.5, 0.6) is 5.75 Å². The predicted molar refractivity (Wildman–Crippen MR) is 61.2 cm³/mol. The van der Waals surface area contributed by atoms with Crippen LogP contribution in [-0.4, -0.2) is 11.1 Å². The quantitative estimate of drug-likeness (QED) is 0.891. The van der Waals surface area contributed by atoms with Gasteiger partial charge in [0.15, 0.2) is 5.76 Å². The fraction of sp³-hybridized carbons (Fsp3) is 0.0769. The van der Waals surface area contributed by atoms with Gasteiger partial charge in [0.1, 0.15) is 17.9 Å². The van der Waals surface area contributed by atoms with Crippen molar-refractivity contribution in [3.8, 4) is 11.8 Å². The Morgan fingerprint density at radius 2 is 2.06 bits per heavy atom. The number of aromatic carboxylic acids is 1. The van der Waals surface area contributed by atoms with E-state index in [9.17, 15) is 4.79 Å². The molecule has 2 aromatic rings. The molecule has 0 atom stereocenters. The molecular formula is C13H9NO4. The first-order chi connectivity index (χ1) is 8.70. The maximum absolute atomic E-state index is 10.8. The highest BCUT2D eigenvalue weighted by molar-refractivity contribution is 5.88. The van der Waals surface area contributed by atoms with Crippen LogP contribution in [0, 0.1) is 11.3 Å². The topological polar surface area (TPSA) is 83.5 Å². The first kappa shape index (κ1) is 11.7. The summed E-state index contributed by atoms with van der Waals surface area (Å²) in [6, 6.07) is 9.89. The largest absolute Gasteiger partial charge is 0.486 e. The van der Waals surface area contributed by atoms with Gasteiger partial charge in [-0.3, -0.25) is 0 Å². The van der Waals surface area contributed by atoms with Crippen LogP contribution in [0.4, 0.5) is 0 Å². The van der Waals surface area contributed by atoms with E-state index >= 15 is 0 Å². The van der Waals surface area contributed by atoms with E-state index in [-0.39, 0.29) is 17.9 Å². The van der Waals surface area contributed by atoms with Crippen LogP contribution in [0.25, 0.3) is 0 Å². The van der Waals surface area contributed by atoms with Crippen molar-refractivity contribution < 1.29 is 19.1 Å². The minimum Gasteiger partial charge on any atom is -0.486 e. The summed E-state index contributed by atoms with van der Waals surface area (Å²) < 4.78 is 10.4. The first-order valence-electron chi connectivity index (χ1n) is 5.13. The molecule has 1 aromatic heterocycles. The zero-order valence-corrected chi connectivity index (χ0v) is 9.29. The number of carboxylic acid groups (broad SMARTS) is 1. The summed E-state index contributed by atoms with van der Waals surface area (Å²) >= 11 is 0. The fourth-order valence-corrected chi connectivity index (χ4v) is 1.42. The highest BCUT2D eigenvalue weighted by Gasteiger charge is 2.13. The molecule has 0 spiro atoms. The van der Waals surface area contributed by atoms with E-state index < -0.39 is 5.97 Å². The van der Waals surface area contributed by atoms with Gasteiger partial charge in [-0.25, -0.2) is 4.79 Å². The Morgan fingerprint density at radius 3 is 2.67 bits per heavy atom. The predicted octanol–water partition coefficient (Wildman–Crippen LogP) is 2.43. The van der Waals surface area contributed by atoms with Gasteiger partial charge in [0.2, 0.25) is 0 Å². The second-order valence-corrected chi connectivity index (χ2v) is 3.49. The second-order valence-electron chi connectivity index (χ2n) is 3.49. The van der Waals surface area contributed by atoms with E-state index in [1.807, 2.05) is 6.07 Å². The van der Waals surface area contributed by atoms with Crippen LogP contribution in [0.2, 0.25) is 0 Å². The van der Waals surface area contributed by atoms with Crippen molar-refractivity contribution in [3.63, 3.8) is 0 Å². The number of ether oxygens (including phenoxy) is 1. The average Bonchev–Trinajstić information content (AvgIpc) is 2.85. The summed E-state index contributed by atoms with van der Waals surface area (Å²) in [5, 5.41) is 17.5. The third kappa shape index (κ3) is 2.50. The molecule has 1 N–H and O–H groups in total. The summed E-state index contributed by atoms with van der Waals surface area (Å²) in [5.74, 6) is -0.254. The van der Waals surface area contributed by atoms with Crippen LogP contribution >= 0.6 is 0 Å². The number of hydrogen-bond acceptors (Lipinski definition) is 4. The minimum absolute atomic E-state index is 0.0283. The second kappa shape index (κ2) is 5.06. The van der Waals surface area contributed by atoms with Gasteiger partial charge in [-0.15, -0.1) is 0 Å². The van der Waals surface area contributed by atoms with Crippen molar-refractivity contribution in [2.45, 2.75) is 6.61 Å². The van der Waals surface area contributed by atoms with Gasteiger partial charge in [-0.2, -0.15) is 5.26 Å². The third-order valence-corrected chi connectivity index (χ3v) is 2.33. The highest BCUT2D eigenvalue weighted by Crippen LogP contribution is 2.16. The number of furan rings is 1. The van der Waals surface area contributed by atoms with Crippen LogP contribution in [0.3, 0.4) is 0 Å². The van der Waals surface area contributed by atoms with Crippen LogP contribution in [0.1, 0.15) is 21.7 Å². The molecule has 0 bridgehead atoms. The molecule has 0 radical (unpaired) electrons. The molecule has 18 heavy (non-hydrogen) atoms. The SMILES string of the molecule is N#Cc1ccc(OCc2occc2C(=O)O)cc1. The van der Waals surface area contributed by atoms with Crippen molar-refractivity contribution in [2.24, 2.45) is 0 Å². The van der Waals surface area contributed by atoms with E-state index in [4.69, 9.17) is 19.5 Å². The summed E-state index contributed by atoms with van der Waals surface area (Å²) in [7, 11) is 0. The van der Waals surface area contributed by atoms with Gasteiger partial charge in [-0.05, 0) is 30.3 Å². The zero-order valence-electron chi connectivity index (χ0n) is 9.29. The Bertz CT molecular complexity index is 592. The lowest BCUT2D eigenvalue weighted by Crippen LogP contribution is -2.02. The van der Waals surface area contributed by atoms with Crippen molar-refractivity contribution in [1.29, 1.82) is 5.26 Å². The normalized spacial score (nSPS) is 9.72. The molecule has 0 fully saturated rings. The summed E-state index contributed by atoms with van der Waals surface area (Å²) in [4.78, 5) is 10.8. The van der Waals surface area contributed by atoms with E-state index in [0.717, 1.165) is 0 Å². The number of rotatable bonds is 4. The van der Waals surface area contributed by atoms with Crippen molar-refractivity contribution >= 4 is 5.97 Å². The number of nitrogens with zero attached hydrogens (tertiary/aromatic N) is 1. The Kier molecular flexibility index (Phi) is 3.30. The Hall–Kier alpha value is -2.74. The summed E-state index contributed by atoms with van der Waals surface area (Å²) in [5.41, 5.74) is 0.621. The molecule has 90 valence electrons. The van der Waals surface area contributed by atoms with E-state index in [1.165, 1.54) is 12.3 Å². The summed E-state index contributed by atoms with van der Waals surface area (Å²) in [6.45, 7) is 0.0283. The van der Waals surface area contributed by atoms with Gasteiger partial charge < -0.3 is 14.3 Å². The van der Waals surface area contributed by atoms with Crippen molar-refractivity contribution in [2.75, 3.05) is 0 Å². The first-order valence-corrected chi connectivity index (χ1v) is 5.13. The van der Waals surface area contributed by atoms with Crippen molar-refractivity contribution in [3.05, 3.63) is 53.5 Å². The Morgan fingerprint density at radius 1 is 1.33 bits per heavy atom. The lowest BCUT2D eigenvalue weighted by Gasteiger charge is -2.04. The number of benzene rings is 1. The number of carboxylic acids is 1. The fourth-order valence-electron chi connectivity index (χ4n) is 1.42. The number of carbonyl (C=O) groups is 1. The third-order valence-electron chi connectivity index (χ3n) is 2.33. The minimum atomic E-state index is -1.05. The molecule has 0 amide bonds. The van der Waals surface area contributed by atoms with Gasteiger partial charge in [0.05, 0.1) is 17.9 Å². The molecular weight excluding hydrogens is 234 g/mol. The van der Waals surface area contributed by atoms with Gasteiger partial charge >= 0.3 is 5.97 Å². The average molecular weight is 243 g/mol. The molecule has 2 rings (SSSR count). The molecule has 0 saturated carbocycles. The van der Waals surface area contributed by atoms with E-state index in [1.54, 1.807) is 24.3 Å². The maximum Gasteiger partial charge on any atom is 0.339 e. The zero-order chi connectivity index (χ0) is 13.0. The van der Waals surface area contributed by atoms with Crippen molar-refractivity contribution in [1.82, 2.24) is 0 Å². The highest BCUT2D eigenvalue weighted by atomic mass is 16.5. The Labute approximate surface area is 103 Å². The molecule has 1 aromatic carbocycles. The lowest BCUT2D eigenvalue weighted by molar-refractivity contribution is 0.0692. The molecule has 0 saturated heterocycles. The lowest BCUT2D eigenvalue weighted by atomic mass is 10.2. The Balaban J connectivity index is 2.05. The van der Waals surface area contributed by atoms with Gasteiger partial charge in [0, 0.05) is 0 Å². The monoisotopic (exact) mass is 243 g/mol. The summed E-state index contributed by atoms with van der Waals surface area (Å²) in [6.07, 6.45) is 1.31. The van der Waals surface area contributed by atoms with E-state index in [0.29, 0.717) is 11.3 Å². The molecule has 5 nitrogen and oxygen atoms in total. The standard InChI is InChI=1S/C13H9NO4/c14-7-9-1-3-10(4-2-9)18-8-12-11(13(15)16)5-6-17-12/h1-6H,8H2,(H,15,16). The molecule has 0 aliphatic carbocycles. The van der Waals surface area contributed by atoms with Gasteiger partial charge in [0.25, 0.3) is 0 Å². The molecule has 0 unspecified atom stereocenters. The van der Waals surface area contributed by atoms with Crippen LogP contribution in [0.15, 0.2) is 41.0 Å². The molecule has 5 heteroatoms. The molecule has 0 aliphatic heterocycles. The number of hydrogen-bond donors (Lipinski definition) is 1. The smallest absolute Gasteiger partial charge is 0.339 e. The van der Waals surface area contributed by atoms with Gasteiger partial charge in [-0.1, -0.05) is 0 Å². The molecule has 1 heterocycles. The maximum atomic E-state index is 10.8. The van der Waals surface area contributed by atoms with Crippen LogP contribution < -0.4 is 4.74 Å². The van der Waals surface area contributed by atoms with Crippen LogP contribution in [-0.2, 0) is 6.61 Å².